The van der Waals surface area contributed by atoms with Gasteiger partial charge in [0, 0.05) is 37.7 Å². The third-order valence-electron chi connectivity index (χ3n) is 3.92. The third kappa shape index (κ3) is 5.44. The number of benzene rings is 2. The summed E-state index contributed by atoms with van der Waals surface area (Å²) in [5, 5.41) is 11.4. The molecular weight excluding hydrogens is 332 g/mol. The van der Waals surface area contributed by atoms with E-state index in [1.165, 1.54) is 7.05 Å². The van der Waals surface area contributed by atoms with Crippen LogP contribution in [0.3, 0.4) is 0 Å². The minimum Gasteiger partial charge on any atom is -0.481 e. The van der Waals surface area contributed by atoms with Crippen LogP contribution in [0.4, 0.5) is 0 Å². The highest BCUT2D eigenvalue weighted by molar-refractivity contribution is 5.99. The molecule has 2 amide bonds. The first-order valence-electron chi connectivity index (χ1n) is 8.38. The number of hydrogen-bond donors (Lipinski definition) is 2. The van der Waals surface area contributed by atoms with E-state index in [9.17, 15) is 14.4 Å². The van der Waals surface area contributed by atoms with Gasteiger partial charge in [-0.3, -0.25) is 14.4 Å². The first kappa shape index (κ1) is 19.2. The number of nitrogens with zero attached hydrogens (tertiary/aromatic N) is 1. The lowest BCUT2D eigenvalue weighted by atomic mass is 10.1. The number of aliphatic carboxylic acids is 1. The van der Waals surface area contributed by atoms with Gasteiger partial charge in [0.15, 0.2) is 0 Å². The van der Waals surface area contributed by atoms with Crippen LogP contribution in [0, 0.1) is 0 Å². The standard InChI is InChI=1S/C20H22N2O4/c1-21-19(25)16-9-5-10-17(13-16)20(26)22(12-6-11-18(23)24)14-15-7-3-2-4-8-15/h2-5,7-10,13H,6,11-12,14H2,1H3,(H,21,25)(H,23,24). The van der Waals surface area contributed by atoms with Crippen LogP contribution < -0.4 is 5.32 Å². The molecule has 0 bridgehead atoms. The van der Waals surface area contributed by atoms with Crippen molar-refractivity contribution < 1.29 is 19.5 Å². The lowest BCUT2D eigenvalue weighted by Gasteiger charge is -2.23. The Kier molecular flexibility index (Phi) is 6.91. The second kappa shape index (κ2) is 9.36. The molecule has 0 aromatic heterocycles. The SMILES string of the molecule is CNC(=O)c1cccc(C(=O)N(CCCC(=O)O)Cc2ccccc2)c1. The van der Waals surface area contributed by atoms with Gasteiger partial charge in [-0.1, -0.05) is 36.4 Å². The highest BCUT2D eigenvalue weighted by Crippen LogP contribution is 2.13. The molecule has 2 rings (SSSR count). The molecule has 0 saturated heterocycles. The highest BCUT2D eigenvalue weighted by atomic mass is 16.4. The fourth-order valence-electron chi connectivity index (χ4n) is 2.60. The molecule has 2 N–H and O–H groups in total. The van der Waals surface area contributed by atoms with Crippen LogP contribution in [-0.4, -0.2) is 41.4 Å². The normalized spacial score (nSPS) is 10.2. The molecule has 0 heterocycles. The van der Waals surface area contributed by atoms with Crippen LogP contribution in [0.5, 0.6) is 0 Å². The van der Waals surface area contributed by atoms with E-state index in [1.807, 2.05) is 30.3 Å². The summed E-state index contributed by atoms with van der Waals surface area (Å²) in [6.45, 7) is 0.702. The van der Waals surface area contributed by atoms with Gasteiger partial charge in [-0.05, 0) is 30.2 Å². The van der Waals surface area contributed by atoms with Crippen molar-refractivity contribution in [3.05, 3.63) is 71.3 Å². The van der Waals surface area contributed by atoms with E-state index in [4.69, 9.17) is 5.11 Å². The van der Waals surface area contributed by atoms with E-state index in [2.05, 4.69) is 5.32 Å². The van der Waals surface area contributed by atoms with Gasteiger partial charge in [0.1, 0.15) is 0 Å². The molecule has 0 aliphatic rings. The minimum atomic E-state index is -0.890. The second-order valence-electron chi connectivity index (χ2n) is 5.87. The van der Waals surface area contributed by atoms with Crippen molar-refractivity contribution in [3.8, 4) is 0 Å². The number of carboxylic acid groups (broad SMARTS) is 1. The van der Waals surface area contributed by atoms with Crippen molar-refractivity contribution in [1.29, 1.82) is 0 Å². The van der Waals surface area contributed by atoms with Crippen LogP contribution in [-0.2, 0) is 11.3 Å². The molecular formula is C20H22N2O4. The Morgan fingerprint density at radius 1 is 1.00 bits per heavy atom. The zero-order valence-corrected chi connectivity index (χ0v) is 14.6. The predicted molar refractivity (Wildman–Crippen MR) is 97.9 cm³/mol. The van der Waals surface area contributed by atoms with Crippen LogP contribution in [0.1, 0.15) is 39.1 Å². The molecule has 0 atom stereocenters. The average molecular weight is 354 g/mol. The number of hydrogen-bond acceptors (Lipinski definition) is 3. The Morgan fingerprint density at radius 3 is 2.35 bits per heavy atom. The smallest absolute Gasteiger partial charge is 0.303 e. The Bertz CT molecular complexity index is 774. The molecule has 6 nitrogen and oxygen atoms in total. The van der Waals surface area contributed by atoms with Gasteiger partial charge < -0.3 is 15.3 Å². The molecule has 2 aromatic rings. The summed E-state index contributed by atoms with van der Waals surface area (Å²) in [6, 6.07) is 16.0. The van der Waals surface area contributed by atoms with E-state index in [1.54, 1.807) is 29.2 Å². The summed E-state index contributed by atoms with van der Waals surface area (Å²) in [6.07, 6.45) is 0.361. The van der Waals surface area contributed by atoms with Crippen molar-refractivity contribution in [2.24, 2.45) is 0 Å². The Balaban J connectivity index is 2.21. The third-order valence-corrected chi connectivity index (χ3v) is 3.92. The van der Waals surface area contributed by atoms with E-state index in [0.29, 0.717) is 30.6 Å². The molecule has 26 heavy (non-hydrogen) atoms. The Hall–Kier alpha value is -3.15. The molecule has 0 aliphatic heterocycles. The fraction of sp³-hybridized carbons (Fsp3) is 0.250. The summed E-state index contributed by atoms with van der Waals surface area (Å²) in [7, 11) is 1.53. The van der Waals surface area contributed by atoms with Crippen LogP contribution in [0.2, 0.25) is 0 Å². The molecule has 0 fully saturated rings. The lowest BCUT2D eigenvalue weighted by Crippen LogP contribution is -2.32. The topological polar surface area (TPSA) is 86.7 Å². The van der Waals surface area contributed by atoms with Crippen molar-refractivity contribution in [1.82, 2.24) is 10.2 Å². The van der Waals surface area contributed by atoms with Gasteiger partial charge in [0.2, 0.25) is 0 Å². The Morgan fingerprint density at radius 2 is 1.69 bits per heavy atom. The van der Waals surface area contributed by atoms with Crippen molar-refractivity contribution in [2.45, 2.75) is 19.4 Å². The fourth-order valence-corrected chi connectivity index (χ4v) is 2.60. The maximum Gasteiger partial charge on any atom is 0.303 e. The van der Waals surface area contributed by atoms with Crippen LogP contribution in [0.15, 0.2) is 54.6 Å². The first-order valence-corrected chi connectivity index (χ1v) is 8.38. The summed E-state index contributed by atoms with van der Waals surface area (Å²) < 4.78 is 0. The summed E-state index contributed by atoms with van der Waals surface area (Å²) >= 11 is 0. The van der Waals surface area contributed by atoms with E-state index >= 15 is 0 Å². The van der Waals surface area contributed by atoms with E-state index in [-0.39, 0.29) is 18.2 Å². The highest BCUT2D eigenvalue weighted by Gasteiger charge is 2.18. The molecule has 6 heteroatoms. The Labute approximate surface area is 152 Å². The molecule has 0 radical (unpaired) electrons. The number of carbonyl (C=O) groups is 3. The molecule has 0 aliphatic carbocycles. The number of amides is 2. The van der Waals surface area contributed by atoms with Crippen molar-refractivity contribution in [3.63, 3.8) is 0 Å². The maximum absolute atomic E-state index is 12.9. The van der Waals surface area contributed by atoms with Gasteiger partial charge in [-0.2, -0.15) is 0 Å². The average Bonchev–Trinajstić information content (AvgIpc) is 2.66. The van der Waals surface area contributed by atoms with Gasteiger partial charge in [-0.15, -0.1) is 0 Å². The molecule has 0 saturated carbocycles. The second-order valence-corrected chi connectivity index (χ2v) is 5.87. The summed E-state index contributed by atoms with van der Waals surface area (Å²) in [5.74, 6) is -1.39. The zero-order valence-electron chi connectivity index (χ0n) is 14.6. The van der Waals surface area contributed by atoms with Gasteiger partial charge in [-0.25, -0.2) is 0 Å². The number of rotatable bonds is 8. The molecule has 0 unspecified atom stereocenters. The maximum atomic E-state index is 12.9. The van der Waals surface area contributed by atoms with Crippen molar-refractivity contribution in [2.75, 3.05) is 13.6 Å². The molecule has 0 spiro atoms. The van der Waals surface area contributed by atoms with E-state index < -0.39 is 5.97 Å². The van der Waals surface area contributed by atoms with E-state index in [0.717, 1.165) is 5.56 Å². The first-order chi connectivity index (χ1) is 12.5. The summed E-state index contributed by atoms with van der Waals surface area (Å²) in [4.78, 5) is 37.1. The minimum absolute atomic E-state index is 0.00312. The van der Waals surface area contributed by atoms with Crippen LogP contribution in [0.25, 0.3) is 0 Å². The quantitative estimate of drug-likeness (QED) is 0.763. The van der Waals surface area contributed by atoms with Crippen LogP contribution >= 0.6 is 0 Å². The zero-order chi connectivity index (χ0) is 18.9. The van der Waals surface area contributed by atoms with Crippen molar-refractivity contribution >= 4 is 17.8 Å². The predicted octanol–water partition coefficient (Wildman–Crippen LogP) is 2.55. The molecule has 2 aromatic carbocycles. The largest absolute Gasteiger partial charge is 0.481 e. The summed E-state index contributed by atoms with van der Waals surface area (Å²) in [5.41, 5.74) is 1.76. The van der Waals surface area contributed by atoms with Gasteiger partial charge in [0.05, 0.1) is 0 Å². The lowest BCUT2D eigenvalue weighted by molar-refractivity contribution is -0.137. The molecule has 136 valence electrons. The van der Waals surface area contributed by atoms with Gasteiger partial charge >= 0.3 is 5.97 Å². The number of carboxylic acids is 1. The monoisotopic (exact) mass is 354 g/mol. The van der Waals surface area contributed by atoms with Gasteiger partial charge in [0.25, 0.3) is 11.8 Å². The number of nitrogens with one attached hydrogen (secondary N) is 1. The number of carbonyl (C=O) groups excluding carboxylic acids is 2.